The molecule has 1 heterocycles. The molecule has 0 saturated heterocycles. The van der Waals surface area contributed by atoms with Gasteiger partial charge in [0.25, 0.3) is 0 Å². The third kappa shape index (κ3) is 2.35. The molecule has 0 atom stereocenters. The van der Waals surface area contributed by atoms with Gasteiger partial charge >= 0.3 is 0 Å². The van der Waals surface area contributed by atoms with Gasteiger partial charge in [-0.05, 0) is 40.2 Å². The molecule has 0 radical (unpaired) electrons. The number of likely N-dealkylation sites (N-methyl/N-ethyl adjacent to an activating group) is 1. The second-order valence-electron chi connectivity index (χ2n) is 3.88. The van der Waals surface area contributed by atoms with Crippen molar-refractivity contribution < 1.29 is 0 Å². The largest absolute Gasteiger partial charge is 0.302 e. The Kier molecular flexibility index (Phi) is 2.82. The number of aromatic nitrogens is 4. The fourth-order valence-corrected chi connectivity index (χ4v) is 0.993. The lowest BCUT2D eigenvalue weighted by molar-refractivity contribution is 0.162. The molecule has 6 heteroatoms. The first kappa shape index (κ1) is 10.3. The standard InChI is InChI=1S/C7H15N5S/c1-7(2,11(3)4)5-12-6(13)8-9-10-12/h5H2,1-4H3,(H,8,10,13). The molecule has 0 aliphatic heterocycles. The molecule has 0 bridgehead atoms. The van der Waals surface area contributed by atoms with Crippen LogP contribution in [0, 0.1) is 4.77 Å². The molecule has 0 amide bonds. The fourth-order valence-electron chi connectivity index (χ4n) is 0.847. The zero-order valence-electron chi connectivity index (χ0n) is 8.40. The molecule has 5 nitrogen and oxygen atoms in total. The predicted octanol–water partition coefficient (Wildman–Crippen LogP) is 0.676. The van der Waals surface area contributed by atoms with E-state index in [1.54, 1.807) is 4.68 Å². The quantitative estimate of drug-likeness (QED) is 0.730. The normalized spacial score (nSPS) is 12.4. The topological polar surface area (TPSA) is 49.7 Å². The number of hydrogen-bond acceptors (Lipinski definition) is 4. The summed E-state index contributed by atoms with van der Waals surface area (Å²) >= 11 is 4.98. The van der Waals surface area contributed by atoms with Gasteiger partial charge < -0.3 is 4.90 Å². The number of nitrogens with one attached hydrogen (secondary N) is 1. The average Bonchev–Trinajstić information content (AvgIpc) is 2.35. The highest BCUT2D eigenvalue weighted by molar-refractivity contribution is 7.71. The van der Waals surface area contributed by atoms with Crippen molar-refractivity contribution in [2.24, 2.45) is 0 Å². The summed E-state index contributed by atoms with van der Waals surface area (Å²) in [6.45, 7) is 5.02. The van der Waals surface area contributed by atoms with Crippen LogP contribution in [0.25, 0.3) is 0 Å². The molecule has 0 fully saturated rings. The maximum atomic E-state index is 4.98. The van der Waals surface area contributed by atoms with Gasteiger partial charge in [-0.1, -0.05) is 10.3 Å². The fraction of sp³-hybridized carbons (Fsp3) is 0.857. The summed E-state index contributed by atoms with van der Waals surface area (Å²) in [5.74, 6) is 0. The third-order valence-electron chi connectivity index (χ3n) is 2.29. The van der Waals surface area contributed by atoms with Crippen LogP contribution in [-0.4, -0.2) is 44.7 Å². The van der Waals surface area contributed by atoms with Crippen LogP contribution in [0.5, 0.6) is 0 Å². The molecule has 13 heavy (non-hydrogen) atoms. The molecule has 1 N–H and O–H groups in total. The zero-order valence-corrected chi connectivity index (χ0v) is 9.22. The van der Waals surface area contributed by atoms with E-state index in [-0.39, 0.29) is 5.54 Å². The van der Waals surface area contributed by atoms with E-state index in [1.807, 2.05) is 14.1 Å². The second kappa shape index (κ2) is 3.55. The van der Waals surface area contributed by atoms with E-state index in [0.29, 0.717) is 4.77 Å². The minimum atomic E-state index is 0.0342. The first-order valence-electron chi connectivity index (χ1n) is 4.09. The van der Waals surface area contributed by atoms with Crippen molar-refractivity contribution in [2.45, 2.75) is 25.9 Å². The van der Waals surface area contributed by atoms with E-state index < -0.39 is 0 Å². The lowest BCUT2D eigenvalue weighted by atomic mass is 10.1. The second-order valence-corrected chi connectivity index (χ2v) is 4.24. The van der Waals surface area contributed by atoms with Gasteiger partial charge in [0.1, 0.15) is 0 Å². The van der Waals surface area contributed by atoms with Crippen LogP contribution in [0.15, 0.2) is 0 Å². The molecule has 0 aliphatic rings. The van der Waals surface area contributed by atoms with E-state index >= 15 is 0 Å². The van der Waals surface area contributed by atoms with Gasteiger partial charge in [0.2, 0.25) is 4.77 Å². The zero-order chi connectivity index (χ0) is 10.1. The summed E-state index contributed by atoms with van der Waals surface area (Å²) in [5, 5.41) is 10.1. The summed E-state index contributed by atoms with van der Waals surface area (Å²) in [6.07, 6.45) is 0. The van der Waals surface area contributed by atoms with E-state index in [0.717, 1.165) is 6.54 Å². The predicted molar refractivity (Wildman–Crippen MR) is 53.0 cm³/mol. The van der Waals surface area contributed by atoms with Crippen LogP contribution in [0.1, 0.15) is 13.8 Å². The van der Waals surface area contributed by atoms with Crippen LogP contribution >= 0.6 is 12.2 Å². The minimum Gasteiger partial charge on any atom is -0.302 e. The van der Waals surface area contributed by atoms with Crippen molar-refractivity contribution in [1.82, 2.24) is 25.1 Å². The lowest BCUT2D eigenvalue weighted by Crippen LogP contribution is -2.42. The lowest BCUT2D eigenvalue weighted by Gasteiger charge is -2.32. The molecular formula is C7H15N5S. The number of nitrogens with zero attached hydrogens (tertiary/aromatic N) is 4. The van der Waals surface area contributed by atoms with E-state index in [4.69, 9.17) is 12.2 Å². The Morgan fingerprint density at radius 2 is 2.15 bits per heavy atom. The van der Waals surface area contributed by atoms with Crippen molar-refractivity contribution >= 4 is 12.2 Å². The average molecular weight is 201 g/mol. The summed E-state index contributed by atoms with van der Waals surface area (Å²) in [7, 11) is 4.07. The Balaban J connectivity index is 2.80. The van der Waals surface area contributed by atoms with Crippen LogP contribution in [-0.2, 0) is 6.54 Å². The van der Waals surface area contributed by atoms with Gasteiger partial charge in [-0.15, -0.1) is 0 Å². The van der Waals surface area contributed by atoms with Crippen molar-refractivity contribution in [3.05, 3.63) is 4.77 Å². The number of hydrogen-bond donors (Lipinski definition) is 1. The molecule has 0 aromatic carbocycles. The monoisotopic (exact) mass is 201 g/mol. The molecule has 74 valence electrons. The summed E-state index contributed by atoms with van der Waals surface area (Å²) in [4.78, 5) is 2.13. The van der Waals surface area contributed by atoms with Gasteiger partial charge in [0, 0.05) is 5.54 Å². The third-order valence-corrected chi connectivity index (χ3v) is 2.59. The summed E-state index contributed by atoms with van der Waals surface area (Å²) < 4.78 is 2.25. The highest BCUT2D eigenvalue weighted by Crippen LogP contribution is 2.11. The Morgan fingerprint density at radius 3 is 2.54 bits per heavy atom. The molecule has 0 spiro atoms. The van der Waals surface area contributed by atoms with E-state index in [1.165, 1.54) is 0 Å². The van der Waals surface area contributed by atoms with E-state index in [2.05, 4.69) is 34.3 Å². The molecule has 0 saturated carbocycles. The maximum absolute atomic E-state index is 4.98. The van der Waals surface area contributed by atoms with Crippen LogP contribution in [0.4, 0.5) is 0 Å². The van der Waals surface area contributed by atoms with Crippen LogP contribution in [0.2, 0.25) is 0 Å². The molecule has 1 aromatic rings. The van der Waals surface area contributed by atoms with Gasteiger partial charge in [0.05, 0.1) is 6.54 Å². The number of tetrazole rings is 1. The Morgan fingerprint density at radius 1 is 1.54 bits per heavy atom. The van der Waals surface area contributed by atoms with Crippen LogP contribution in [0.3, 0.4) is 0 Å². The Bertz CT molecular complexity index is 324. The summed E-state index contributed by atoms with van der Waals surface area (Å²) in [5.41, 5.74) is 0.0342. The first-order valence-corrected chi connectivity index (χ1v) is 4.49. The number of H-pyrrole nitrogens is 1. The molecule has 0 aliphatic carbocycles. The minimum absolute atomic E-state index is 0.0342. The first-order chi connectivity index (χ1) is 5.93. The van der Waals surface area contributed by atoms with Gasteiger partial charge in [-0.3, -0.25) is 0 Å². The Labute approximate surface area is 82.7 Å². The number of rotatable bonds is 3. The van der Waals surface area contributed by atoms with Crippen LogP contribution < -0.4 is 0 Å². The SMILES string of the molecule is CN(C)C(C)(C)Cn1[nH]nnc1=S. The van der Waals surface area contributed by atoms with Crippen molar-refractivity contribution in [3.8, 4) is 0 Å². The van der Waals surface area contributed by atoms with Crippen molar-refractivity contribution in [1.29, 1.82) is 0 Å². The number of aromatic amines is 1. The highest BCUT2D eigenvalue weighted by atomic mass is 32.1. The van der Waals surface area contributed by atoms with Gasteiger partial charge in [0.15, 0.2) is 0 Å². The van der Waals surface area contributed by atoms with Gasteiger partial charge in [-0.2, -0.15) is 5.21 Å². The Hall–Kier alpha value is -0.750. The highest BCUT2D eigenvalue weighted by Gasteiger charge is 2.21. The molecule has 1 aromatic heterocycles. The maximum Gasteiger partial charge on any atom is 0.238 e. The molecule has 0 unspecified atom stereocenters. The van der Waals surface area contributed by atoms with Crippen molar-refractivity contribution in [2.75, 3.05) is 14.1 Å². The van der Waals surface area contributed by atoms with Gasteiger partial charge in [-0.25, -0.2) is 4.68 Å². The molecule has 1 rings (SSSR count). The molecular weight excluding hydrogens is 186 g/mol. The van der Waals surface area contributed by atoms with E-state index in [9.17, 15) is 0 Å². The van der Waals surface area contributed by atoms with Crippen molar-refractivity contribution in [3.63, 3.8) is 0 Å². The smallest absolute Gasteiger partial charge is 0.238 e. The summed E-state index contributed by atoms with van der Waals surface area (Å²) in [6, 6.07) is 0.